The first-order valence-electron chi connectivity index (χ1n) is 9.86. The molecule has 0 radical (unpaired) electrons. The highest BCUT2D eigenvalue weighted by molar-refractivity contribution is 7.86. The van der Waals surface area contributed by atoms with Gasteiger partial charge in [-0.3, -0.25) is 14.0 Å². The van der Waals surface area contributed by atoms with Crippen LogP contribution in [0.5, 0.6) is 0 Å². The number of allylic oxidation sites excluding steroid dienone is 2. The Morgan fingerprint density at radius 1 is 1.16 bits per heavy atom. The van der Waals surface area contributed by atoms with Gasteiger partial charge in [0.25, 0.3) is 0 Å². The third-order valence-electron chi connectivity index (χ3n) is 5.68. The van der Waals surface area contributed by atoms with E-state index in [1.54, 1.807) is 0 Å². The molecule has 2 heterocycles. The highest BCUT2D eigenvalue weighted by Gasteiger charge is 2.35. The summed E-state index contributed by atoms with van der Waals surface area (Å²) in [7, 11) is -0.819. The normalized spacial score (nSPS) is 28.2. The van der Waals surface area contributed by atoms with Crippen molar-refractivity contribution >= 4 is 10.8 Å². The molecule has 2 aliphatic heterocycles. The lowest BCUT2D eigenvalue weighted by Gasteiger charge is -2.49. The SMILES string of the molecule is CC(C)N1CC(N2CCC(OC3=CC(S(=O)C(C)C)CC=C3)CC2)C1. The number of hydrogen-bond acceptors (Lipinski definition) is 4. The van der Waals surface area contributed by atoms with Crippen LogP contribution in [0.15, 0.2) is 24.0 Å². The minimum absolute atomic E-state index is 0.108. The largest absolute Gasteiger partial charge is 0.491 e. The zero-order valence-electron chi connectivity index (χ0n) is 16.2. The predicted molar refractivity (Wildman–Crippen MR) is 105 cm³/mol. The lowest BCUT2D eigenvalue weighted by Crippen LogP contribution is -2.62. The van der Waals surface area contributed by atoms with Crippen LogP contribution in [0.2, 0.25) is 0 Å². The van der Waals surface area contributed by atoms with Crippen LogP contribution in [0.25, 0.3) is 0 Å². The molecule has 5 heteroatoms. The zero-order chi connectivity index (χ0) is 18.0. The maximum absolute atomic E-state index is 12.3. The van der Waals surface area contributed by atoms with Crippen molar-refractivity contribution < 1.29 is 8.95 Å². The Bertz CT molecular complexity index is 530. The summed E-state index contributed by atoms with van der Waals surface area (Å²) in [5.41, 5.74) is 0. The Morgan fingerprint density at radius 3 is 2.44 bits per heavy atom. The molecule has 4 nitrogen and oxygen atoms in total. The van der Waals surface area contributed by atoms with Crippen molar-refractivity contribution in [2.45, 2.75) is 75.6 Å². The second-order valence-electron chi connectivity index (χ2n) is 8.18. The lowest BCUT2D eigenvalue weighted by molar-refractivity contribution is -0.0223. The summed E-state index contributed by atoms with van der Waals surface area (Å²) in [6, 6.07) is 1.42. The van der Waals surface area contributed by atoms with Crippen LogP contribution in [0, 0.1) is 0 Å². The van der Waals surface area contributed by atoms with Gasteiger partial charge in [-0.15, -0.1) is 0 Å². The van der Waals surface area contributed by atoms with Gasteiger partial charge in [-0.2, -0.15) is 0 Å². The number of likely N-dealkylation sites (tertiary alicyclic amines) is 2. The molecule has 2 saturated heterocycles. The van der Waals surface area contributed by atoms with Gasteiger partial charge in [0.05, 0.1) is 5.25 Å². The molecule has 0 saturated carbocycles. The maximum Gasteiger partial charge on any atom is 0.116 e. The Balaban J connectivity index is 1.44. The van der Waals surface area contributed by atoms with Gasteiger partial charge in [-0.1, -0.05) is 19.9 Å². The van der Waals surface area contributed by atoms with E-state index < -0.39 is 10.8 Å². The van der Waals surface area contributed by atoms with Crippen LogP contribution in [0.3, 0.4) is 0 Å². The van der Waals surface area contributed by atoms with Crippen molar-refractivity contribution in [3.05, 3.63) is 24.0 Å². The summed E-state index contributed by atoms with van der Waals surface area (Å²) in [6.45, 7) is 13.3. The Morgan fingerprint density at radius 2 is 1.84 bits per heavy atom. The van der Waals surface area contributed by atoms with Crippen molar-refractivity contribution in [2.24, 2.45) is 0 Å². The first-order chi connectivity index (χ1) is 11.9. The highest BCUT2D eigenvalue weighted by atomic mass is 32.2. The van der Waals surface area contributed by atoms with Crippen molar-refractivity contribution in [3.8, 4) is 0 Å². The average molecular weight is 367 g/mol. The summed E-state index contributed by atoms with van der Waals surface area (Å²) >= 11 is 0. The van der Waals surface area contributed by atoms with Crippen molar-refractivity contribution in [1.82, 2.24) is 9.80 Å². The van der Waals surface area contributed by atoms with Crippen LogP contribution in [0.1, 0.15) is 47.0 Å². The molecular weight excluding hydrogens is 332 g/mol. The third-order valence-corrected chi connectivity index (χ3v) is 7.53. The topological polar surface area (TPSA) is 32.8 Å². The van der Waals surface area contributed by atoms with E-state index in [-0.39, 0.29) is 10.5 Å². The van der Waals surface area contributed by atoms with E-state index in [9.17, 15) is 4.21 Å². The van der Waals surface area contributed by atoms with Crippen molar-refractivity contribution in [3.63, 3.8) is 0 Å². The van der Waals surface area contributed by atoms with Gasteiger partial charge in [-0.25, -0.2) is 0 Å². The number of rotatable bonds is 6. The lowest BCUT2D eigenvalue weighted by atomic mass is 10.00. The van der Waals surface area contributed by atoms with Gasteiger partial charge in [0.2, 0.25) is 0 Å². The summed E-state index contributed by atoms with van der Waals surface area (Å²) in [4.78, 5) is 5.18. The molecule has 2 atom stereocenters. The van der Waals surface area contributed by atoms with E-state index in [1.807, 2.05) is 13.8 Å². The molecule has 0 aromatic carbocycles. The van der Waals surface area contributed by atoms with Crippen molar-refractivity contribution in [1.29, 1.82) is 0 Å². The molecule has 0 amide bonds. The number of piperidine rings is 1. The molecule has 1 aliphatic carbocycles. The van der Waals surface area contributed by atoms with E-state index in [0.717, 1.165) is 44.2 Å². The molecule has 2 fully saturated rings. The second-order valence-corrected chi connectivity index (χ2v) is 10.4. The molecule has 2 unspecified atom stereocenters. The van der Waals surface area contributed by atoms with Crippen LogP contribution in [-0.2, 0) is 15.5 Å². The average Bonchev–Trinajstić information content (AvgIpc) is 2.54. The van der Waals surface area contributed by atoms with Crippen LogP contribution >= 0.6 is 0 Å². The van der Waals surface area contributed by atoms with Crippen molar-refractivity contribution in [2.75, 3.05) is 26.2 Å². The summed E-state index contributed by atoms with van der Waals surface area (Å²) < 4.78 is 18.6. The first-order valence-corrected chi connectivity index (χ1v) is 11.1. The predicted octanol–water partition coefficient (Wildman–Crippen LogP) is 2.93. The summed E-state index contributed by atoms with van der Waals surface area (Å²) in [6.07, 6.45) is 9.64. The molecule has 3 aliphatic rings. The van der Waals surface area contributed by atoms with Gasteiger partial charge in [0, 0.05) is 54.3 Å². The fourth-order valence-electron chi connectivity index (χ4n) is 3.91. The molecule has 0 aromatic rings. The summed E-state index contributed by atoms with van der Waals surface area (Å²) in [5, 5.41) is 0.308. The maximum atomic E-state index is 12.3. The highest BCUT2D eigenvalue weighted by Crippen LogP contribution is 2.26. The number of ether oxygens (including phenoxy) is 1. The Labute approximate surface area is 155 Å². The molecule has 142 valence electrons. The molecule has 25 heavy (non-hydrogen) atoms. The van der Waals surface area contributed by atoms with E-state index >= 15 is 0 Å². The molecule has 0 aromatic heterocycles. The van der Waals surface area contributed by atoms with Crippen LogP contribution in [-0.4, -0.2) is 68.9 Å². The minimum atomic E-state index is -0.819. The quantitative estimate of drug-likeness (QED) is 0.724. The Hall–Kier alpha value is -0.650. The fraction of sp³-hybridized carbons (Fsp3) is 0.800. The number of hydrogen-bond donors (Lipinski definition) is 0. The Kier molecular flexibility index (Phi) is 6.39. The monoisotopic (exact) mass is 366 g/mol. The zero-order valence-corrected chi connectivity index (χ0v) is 17.0. The van der Waals surface area contributed by atoms with E-state index in [1.165, 1.54) is 13.1 Å². The van der Waals surface area contributed by atoms with Gasteiger partial charge in [0.1, 0.15) is 11.9 Å². The van der Waals surface area contributed by atoms with Crippen LogP contribution in [0.4, 0.5) is 0 Å². The third kappa shape index (κ3) is 4.75. The molecule has 0 bridgehead atoms. The minimum Gasteiger partial charge on any atom is -0.491 e. The first kappa shape index (κ1) is 19.1. The van der Waals surface area contributed by atoms with Gasteiger partial charge in [-0.05, 0) is 45.3 Å². The van der Waals surface area contributed by atoms with Gasteiger partial charge in [0.15, 0.2) is 0 Å². The molecular formula is C20H34N2O2S. The summed E-state index contributed by atoms with van der Waals surface area (Å²) in [5.74, 6) is 0.929. The van der Waals surface area contributed by atoms with Crippen LogP contribution < -0.4 is 0 Å². The smallest absolute Gasteiger partial charge is 0.116 e. The van der Waals surface area contributed by atoms with E-state index in [0.29, 0.717) is 12.1 Å². The molecule has 3 rings (SSSR count). The van der Waals surface area contributed by atoms with E-state index in [4.69, 9.17) is 4.74 Å². The van der Waals surface area contributed by atoms with E-state index in [2.05, 4.69) is 41.9 Å². The number of nitrogens with zero attached hydrogens (tertiary/aromatic N) is 2. The second kappa shape index (κ2) is 8.36. The standard InChI is InChI=1S/C20H34N2O2S/c1-15(2)22-13-17(14-22)21-10-8-18(9-11-21)24-19-6-5-7-20(12-19)25(23)16(3)4/h5-6,12,15-18,20H,7-11,13-14H2,1-4H3. The molecule has 0 N–H and O–H groups in total. The van der Waals surface area contributed by atoms with Gasteiger partial charge < -0.3 is 4.74 Å². The fourth-order valence-corrected chi connectivity index (χ4v) is 5.18. The van der Waals surface area contributed by atoms with Gasteiger partial charge >= 0.3 is 0 Å². The molecule has 0 spiro atoms.